The average molecular weight is 208 g/mol. The zero-order valence-electron chi connectivity index (χ0n) is 8.75. The summed E-state index contributed by atoms with van der Waals surface area (Å²) in [6, 6.07) is 7.15. The van der Waals surface area contributed by atoms with Crippen LogP contribution in [0.25, 0.3) is 0 Å². The van der Waals surface area contributed by atoms with Gasteiger partial charge in [0.2, 0.25) is 0 Å². The molecule has 2 nitrogen and oxygen atoms in total. The molecule has 2 rings (SSSR count). The minimum atomic E-state index is -0.115. The van der Waals surface area contributed by atoms with Crippen LogP contribution < -0.4 is 11.1 Å². The van der Waals surface area contributed by atoms with Crippen LogP contribution in [-0.4, -0.2) is 19.1 Å². The van der Waals surface area contributed by atoms with Crippen LogP contribution in [0.4, 0.5) is 4.39 Å². The molecule has 2 unspecified atom stereocenters. The molecule has 2 atom stereocenters. The van der Waals surface area contributed by atoms with Crippen molar-refractivity contribution in [3.05, 3.63) is 35.6 Å². The van der Waals surface area contributed by atoms with E-state index in [0.717, 1.165) is 31.5 Å². The Labute approximate surface area is 89.7 Å². The first-order chi connectivity index (χ1) is 7.27. The lowest BCUT2D eigenvalue weighted by Gasteiger charge is -2.29. The van der Waals surface area contributed by atoms with Gasteiger partial charge in [-0.15, -0.1) is 0 Å². The number of halogens is 1. The second-order valence-corrected chi connectivity index (χ2v) is 4.21. The molecular weight excluding hydrogens is 191 g/mol. The van der Waals surface area contributed by atoms with Crippen molar-refractivity contribution >= 4 is 0 Å². The van der Waals surface area contributed by atoms with Crippen molar-refractivity contribution in [3.8, 4) is 0 Å². The third kappa shape index (κ3) is 2.55. The van der Waals surface area contributed by atoms with Crippen molar-refractivity contribution < 1.29 is 4.39 Å². The lowest BCUT2D eigenvalue weighted by Crippen LogP contribution is -2.45. The highest BCUT2D eigenvalue weighted by Crippen LogP contribution is 2.17. The van der Waals surface area contributed by atoms with Crippen molar-refractivity contribution in [3.63, 3.8) is 0 Å². The smallest absolute Gasteiger partial charge is 0.126 e. The molecule has 0 radical (unpaired) electrons. The highest BCUT2D eigenvalue weighted by molar-refractivity contribution is 5.18. The maximum Gasteiger partial charge on any atom is 0.126 e. The third-order valence-corrected chi connectivity index (χ3v) is 3.11. The fraction of sp³-hybridized carbons (Fsp3) is 0.500. The molecule has 1 fully saturated rings. The predicted octanol–water partition coefficient (Wildman–Crippen LogP) is 1.30. The first-order valence-electron chi connectivity index (χ1n) is 5.47. The SMILES string of the molecule is NC1CCNCC1Cc1ccccc1F. The Morgan fingerprint density at radius 3 is 2.93 bits per heavy atom. The van der Waals surface area contributed by atoms with E-state index < -0.39 is 0 Å². The zero-order valence-corrected chi connectivity index (χ0v) is 8.75. The van der Waals surface area contributed by atoms with Gasteiger partial charge in [-0.25, -0.2) is 4.39 Å². The molecule has 3 N–H and O–H groups in total. The van der Waals surface area contributed by atoms with Gasteiger partial charge in [0.1, 0.15) is 5.82 Å². The maximum absolute atomic E-state index is 13.4. The molecule has 0 aromatic heterocycles. The Bertz CT molecular complexity index is 327. The van der Waals surface area contributed by atoms with Crippen molar-refractivity contribution in [2.24, 2.45) is 11.7 Å². The van der Waals surface area contributed by atoms with Gasteiger partial charge in [-0.1, -0.05) is 18.2 Å². The molecular formula is C12H17FN2. The molecule has 1 heterocycles. The third-order valence-electron chi connectivity index (χ3n) is 3.11. The van der Waals surface area contributed by atoms with Crippen LogP contribution in [0, 0.1) is 11.7 Å². The monoisotopic (exact) mass is 208 g/mol. The summed E-state index contributed by atoms with van der Waals surface area (Å²) < 4.78 is 13.4. The topological polar surface area (TPSA) is 38.0 Å². The summed E-state index contributed by atoms with van der Waals surface area (Å²) in [6.45, 7) is 1.88. The van der Waals surface area contributed by atoms with Crippen LogP contribution in [0.15, 0.2) is 24.3 Å². The van der Waals surface area contributed by atoms with Crippen LogP contribution in [0.3, 0.4) is 0 Å². The van der Waals surface area contributed by atoms with E-state index in [1.54, 1.807) is 6.07 Å². The molecule has 0 aliphatic carbocycles. The predicted molar refractivity (Wildman–Crippen MR) is 59.1 cm³/mol. The Balaban J connectivity index is 2.04. The molecule has 0 saturated carbocycles. The molecule has 0 amide bonds. The van der Waals surface area contributed by atoms with E-state index in [-0.39, 0.29) is 11.9 Å². The minimum Gasteiger partial charge on any atom is -0.327 e. The van der Waals surface area contributed by atoms with Gasteiger partial charge in [0.25, 0.3) is 0 Å². The number of hydrogen-bond donors (Lipinski definition) is 2. The summed E-state index contributed by atoms with van der Waals surface area (Å²) in [4.78, 5) is 0. The maximum atomic E-state index is 13.4. The molecule has 1 aliphatic rings. The Morgan fingerprint density at radius 1 is 1.40 bits per heavy atom. The first-order valence-corrected chi connectivity index (χ1v) is 5.47. The van der Waals surface area contributed by atoms with E-state index in [1.807, 2.05) is 12.1 Å². The summed E-state index contributed by atoms with van der Waals surface area (Å²) in [5, 5.41) is 3.30. The number of nitrogens with one attached hydrogen (secondary N) is 1. The van der Waals surface area contributed by atoms with E-state index >= 15 is 0 Å². The summed E-state index contributed by atoms with van der Waals surface area (Å²) in [5.41, 5.74) is 6.79. The average Bonchev–Trinajstić information content (AvgIpc) is 2.24. The lowest BCUT2D eigenvalue weighted by molar-refractivity contribution is 0.322. The summed E-state index contributed by atoms with van der Waals surface area (Å²) in [7, 11) is 0. The molecule has 0 spiro atoms. The minimum absolute atomic E-state index is 0.115. The molecule has 15 heavy (non-hydrogen) atoms. The van der Waals surface area contributed by atoms with Crippen molar-refractivity contribution in [2.45, 2.75) is 18.9 Å². The van der Waals surface area contributed by atoms with Gasteiger partial charge >= 0.3 is 0 Å². The van der Waals surface area contributed by atoms with E-state index in [4.69, 9.17) is 5.73 Å². The standard InChI is InChI=1S/C12H17FN2/c13-11-4-2-1-3-9(11)7-10-8-15-6-5-12(10)14/h1-4,10,12,15H,5-8,14H2. The Morgan fingerprint density at radius 2 is 2.20 bits per heavy atom. The van der Waals surface area contributed by atoms with Crippen molar-refractivity contribution in [2.75, 3.05) is 13.1 Å². The number of nitrogens with two attached hydrogens (primary N) is 1. The molecule has 82 valence electrons. The highest BCUT2D eigenvalue weighted by atomic mass is 19.1. The highest BCUT2D eigenvalue weighted by Gasteiger charge is 2.22. The summed E-state index contributed by atoms with van der Waals surface area (Å²) >= 11 is 0. The summed E-state index contributed by atoms with van der Waals surface area (Å²) in [5.74, 6) is 0.242. The van der Waals surface area contributed by atoms with Crippen LogP contribution in [0.1, 0.15) is 12.0 Å². The second-order valence-electron chi connectivity index (χ2n) is 4.21. The van der Waals surface area contributed by atoms with Gasteiger partial charge in [0.15, 0.2) is 0 Å². The largest absolute Gasteiger partial charge is 0.327 e. The van der Waals surface area contributed by atoms with Gasteiger partial charge in [-0.05, 0) is 43.5 Å². The van der Waals surface area contributed by atoms with Crippen molar-refractivity contribution in [1.82, 2.24) is 5.32 Å². The van der Waals surface area contributed by atoms with E-state index in [1.165, 1.54) is 6.07 Å². The normalized spacial score (nSPS) is 26.5. The molecule has 1 aromatic rings. The fourth-order valence-corrected chi connectivity index (χ4v) is 2.11. The van der Waals surface area contributed by atoms with Gasteiger partial charge in [0, 0.05) is 6.04 Å². The lowest BCUT2D eigenvalue weighted by atomic mass is 9.88. The van der Waals surface area contributed by atoms with Crippen LogP contribution in [-0.2, 0) is 6.42 Å². The summed E-state index contributed by atoms with van der Waals surface area (Å²) in [6.07, 6.45) is 1.72. The van der Waals surface area contributed by atoms with E-state index in [9.17, 15) is 4.39 Å². The van der Waals surface area contributed by atoms with E-state index in [2.05, 4.69) is 5.32 Å². The number of hydrogen-bond acceptors (Lipinski definition) is 2. The van der Waals surface area contributed by atoms with Gasteiger partial charge in [-0.2, -0.15) is 0 Å². The molecule has 1 aliphatic heterocycles. The Hall–Kier alpha value is -0.930. The van der Waals surface area contributed by atoms with Crippen molar-refractivity contribution in [1.29, 1.82) is 0 Å². The Kier molecular flexibility index (Phi) is 3.34. The first kappa shape index (κ1) is 10.6. The number of piperidine rings is 1. The zero-order chi connectivity index (χ0) is 10.7. The molecule has 1 saturated heterocycles. The van der Waals surface area contributed by atoms with Gasteiger partial charge in [-0.3, -0.25) is 0 Å². The van der Waals surface area contributed by atoms with Crippen LogP contribution >= 0.6 is 0 Å². The van der Waals surface area contributed by atoms with E-state index in [0.29, 0.717) is 5.92 Å². The van der Waals surface area contributed by atoms with Gasteiger partial charge < -0.3 is 11.1 Å². The fourth-order valence-electron chi connectivity index (χ4n) is 2.11. The number of rotatable bonds is 2. The van der Waals surface area contributed by atoms with Crippen LogP contribution in [0.2, 0.25) is 0 Å². The molecule has 3 heteroatoms. The van der Waals surface area contributed by atoms with Crippen LogP contribution in [0.5, 0.6) is 0 Å². The molecule has 0 bridgehead atoms. The molecule has 1 aromatic carbocycles. The second kappa shape index (κ2) is 4.73. The quantitative estimate of drug-likeness (QED) is 0.769. The van der Waals surface area contributed by atoms with Gasteiger partial charge in [0.05, 0.1) is 0 Å². The number of benzene rings is 1.